The SMILES string of the molecule is CCNC(=O)C(=N)N(C(=N)c1cc(C(C)C)c(O)cc1O)c1ccc(C)cc1. The number of likely N-dealkylation sites (N-methyl/N-ethyl adjacent to an activating group) is 1. The molecule has 7 heteroatoms. The molecule has 0 heterocycles. The van der Waals surface area contributed by atoms with Crippen molar-refractivity contribution in [2.24, 2.45) is 0 Å². The van der Waals surface area contributed by atoms with Crippen LogP contribution in [0.15, 0.2) is 36.4 Å². The molecule has 0 unspecified atom stereocenters. The maximum atomic E-state index is 12.3. The van der Waals surface area contributed by atoms with Gasteiger partial charge in [0, 0.05) is 18.3 Å². The molecule has 28 heavy (non-hydrogen) atoms. The second kappa shape index (κ2) is 8.56. The second-order valence-corrected chi connectivity index (χ2v) is 6.81. The third-order valence-corrected chi connectivity index (χ3v) is 4.31. The monoisotopic (exact) mass is 382 g/mol. The molecule has 0 bridgehead atoms. The van der Waals surface area contributed by atoms with Gasteiger partial charge in [0.1, 0.15) is 17.3 Å². The number of amides is 1. The average Bonchev–Trinajstić information content (AvgIpc) is 2.63. The Hall–Kier alpha value is -3.35. The number of hydrogen-bond donors (Lipinski definition) is 5. The molecule has 0 saturated carbocycles. The standard InChI is InChI=1S/C21H26N4O3/c1-5-24-21(28)20(23)25(14-8-6-13(4)7-9-14)19(22)16-10-15(12(2)3)17(26)11-18(16)27/h6-12,22-23,26-27H,5H2,1-4H3,(H,24,28). The van der Waals surface area contributed by atoms with E-state index < -0.39 is 11.7 Å². The van der Waals surface area contributed by atoms with Gasteiger partial charge in [-0.1, -0.05) is 31.5 Å². The van der Waals surface area contributed by atoms with Gasteiger partial charge in [0.2, 0.25) is 0 Å². The molecule has 5 N–H and O–H groups in total. The van der Waals surface area contributed by atoms with Crippen LogP contribution in [0.4, 0.5) is 5.69 Å². The minimum atomic E-state index is -0.629. The Morgan fingerprint density at radius 3 is 2.25 bits per heavy atom. The third-order valence-electron chi connectivity index (χ3n) is 4.31. The van der Waals surface area contributed by atoms with Crippen molar-refractivity contribution >= 4 is 23.3 Å². The van der Waals surface area contributed by atoms with Gasteiger partial charge in [-0.2, -0.15) is 0 Å². The highest BCUT2D eigenvalue weighted by Gasteiger charge is 2.26. The number of aromatic hydroxyl groups is 2. The quantitative estimate of drug-likeness (QED) is 0.411. The molecule has 0 radical (unpaired) electrons. The largest absolute Gasteiger partial charge is 0.508 e. The fourth-order valence-corrected chi connectivity index (χ4v) is 2.78. The summed E-state index contributed by atoms with van der Waals surface area (Å²) >= 11 is 0. The number of rotatable bonds is 4. The Morgan fingerprint density at radius 1 is 1.11 bits per heavy atom. The first-order valence-corrected chi connectivity index (χ1v) is 9.05. The Kier molecular flexibility index (Phi) is 6.41. The van der Waals surface area contributed by atoms with Crippen LogP contribution in [-0.4, -0.2) is 34.3 Å². The van der Waals surface area contributed by atoms with Crippen LogP contribution < -0.4 is 10.2 Å². The second-order valence-electron chi connectivity index (χ2n) is 6.81. The van der Waals surface area contributed by atoms with E-state index in [0.717, 1.165) is 5.56 Å². The zero-order chi connectivity index (χ0) is 21.0. The molecule has 0 aliphatic rings. The van der Waals surface area contributed by atoms with Crippen LogP contribution in [0.3, 0.4) is 0 Å². The molecular weight excluding hydrogens is 356 g/mol. The van der Waals surface area contributed by atoms with Crippen molar-refractivity contribution in [1.29, 1.82) is 10.8 Å². The molecule has 0 fully saturated rings. The van der Waals surface area contributed by atoms with Crippen LogP contribution in [0.25, 0.3) is 0 Å². The number of nitrogens with one attached hydrogen (secondary N) is 3. The minimum absolute atomic E-state index is 0.0391. The van der Waals surface area contributed by atoms with Crippen LogP contribution in [0.1, 0.15) is 43.4 Å². The van der Waals surface area contributed by atoms with E-state index in [0.29, 0.717) is 17.8 Å². The van der Waals surface area contributed by atoms with Gasteiger partial charge in [-0.3, -0.25) is 20.5 Å². The molecule has 2 rings (SSSR count). The predicted molar refractivity (Wildman–Crippen MR) is 111 cm³/mol. The molecule has 0 aliphatic heterocycles. The Bertz CT molecular complexity index is 905. The van der Waals surface area contributed by atoms with Crippen molar-refractivity contribution in [1.82, 2.24) is 5.32 Å². The van der Waals surface area contributed by atoms with Crippen molar-refractivity contribution in [3.8, 4) is 11.5 Å². The number of benzene rings is 2. The maximum absolute atomic E-state index is 12.3. The molecule has 0 aliphatic carbocycles. The van der Waals surface area contributed by atoms with Crippen LogP contribution in [0.5, 0.6) is 11.5 Å². The molecular formula is C21H26N4O3. The van der Waals surface area contributed by atoms with Gasteiger partial charge >= 0.3 is 0 Å². The van der Waals surface area contributed by atoms with E-state index in [9.17, 15) is 15.0 Å². The summed E-state index contributed by atoms with van der Waals surface area (Å²) in [4.78, 5) is 13.5. The first kappa shape index (κ1) is 21.0. The lowest BCUT2D eigenvalue weighted by atomic mass is 9.98. The number of anilines is 1. The van der Waals surface area contributed by atoms with E-state index in [4.69, 9.17) is 10.8 Å². The van der Waals surface area contributed by atoms with Gasteiger partial charge in [0.25, 0.3) is 5.91 Å². The van der Waals surface area contributed by atoms with Crippen molar-refractivity contribution in [3.63, 3.8) is 0 Å². The number of amidine groups is 2. The summed E-state index contributed by atoms with van der Waals surface area (Å²) in [7, 11) is 0. The van der Waals surface area contributed by atoms with Gasteiger partial charge < -0.3 is 15.5 Å². The highest BCUT2D eigenvalue weighted by molar-refractivity contribution is 6.48. The van der Waals surface area contributed by atoms with Crippen LogP contribution in [0, 0.1) is 17.7 Å². The number of nitrogens with zero attached hydrogens (tertiary/aromatic N) is 1. The van der Waals surface area contributed by atoms with E-state index in [2.05, 4.69) is 5.32 Å². The fraction of sp³-hybridized carbons (Fsp3) is 0.286. The van der Waals surface area contributed by atoms with E-state index >= 15 is 0 Å². The zero-order valence-corrected chi connectivity index (χ0v) is 16.5. The van der Waals surface area contributed by atoms with E-state index in [1.54, 1.807) is 19.1 Å². The number of phenols is 2. The number of phenolic OH excluding ortho intramolecular Hbond substituents is 2. The van der Waals surface area contributed by atoms with Crippen molar-refractivity contribution in [3.05, 3.63) is 53.1 Å². The third kappa shape index (κ3) is 4.31. The lowest BCUT2D eigenvalue weighted by Gasteiger charge is -2.26. The molecule has 0 saturated heterocycles. The minimum Gasteiger partial charge on any atom is -0.508 e. The lowest BCUT2D eigenvalue weighted by molar-refractivity contribution is -0.114. The Balaban J connectivity index is 2.59. The highest BCUT2D eigenvalue weighted by Crippen LogP contribution is 2.33. The molecule has 2 aromatic rings. The van der Waals surface area contributed by atoms with Crippen LogP contribution >= 0.6 is 0 Å². The van der Waals surface area contributed by atoms with E-state index in [1.165, 1.54) is 17.0 Å². The summed E-state index contributed by atoms with van der Waals surface area (Å²) in [6, 6.07) is 9.75. The van der Waals surface area contributed by atoms with E-state index in [-0.39, 0.29) is 28.8 Å². The summed E-state index contributed by atoms with van der Waals surface area (Å²) in [6.45, 7) is 7.77. The summed E-state index contributed by atoms with van der Waals surface area (Å²) in [5.74, 6) is -1.70. The molecule has 0 aromatic heterocycles. The van der Waals surface area contributed by atoms with E-state index in [1.807, 2.05) is 32.9 Å². The highest BCUT2D eigenvalue weighted by atomic mass is 16.3. The summed E-state index contributed by atoms with van der Waals surface area (Å²) in [5, 5.41) is 39.9. The van der Waals surface area contributed by atoms with Crippen LogP contribution in [0.2, 0.25) is 0 Å². The molecule has 0 spiro atoms. The summed E-state index contributed by atoms with van der Waals surface area (Å²) in [5.41, 5.74) is 2.13. The van der Waals surface area contributed by atoms with Crippen molar-refractivity contribution in [2.75, 3.05) is 11.4 Å². The Morgan fingerprint density at radius 2 is 1.71 bits per heavy atom. The summed E-state index contributed by atoms with van der Waals surface area (Å²) in [6.07, 6.45) is 0. The van der Waals surface area contributed by atoms with Gasteiger partial charge in [0.15, 0.2) is 5.84 Å². The van der Waals surface area contributed by atoms with Crippen molar-refractivity contribution < 1.29 is 15.0 Å². The summed E-state index contributed by atoms with van der Waals surface area (Å²) < 4.78 is 0. The fourth-order valence-electron chi connectivity index (χ4n) is 2.78. The number of carbonyl (C=O) groups excluding carboxylic acids is 1. The lowest BCUT2D eigenvalue weighted by Crippen LogP contribution is -2.46. The number of carbonyl (C=O) groups is 1. The average molecular weight is 382 g/mol. The molecule has 148 valence electrons. The van der Waals surface area contributed by atoms with Gasteiger partial charge in [-0.25, -0.2) is 0 Å². The zero-order valence-electron chi connectivity index (χ0n) is 16.5. The Labute approximate surface area is 164 Å². The maximum Gasteiger partial charge on any atom is 0.287 e. The smallest absolute Gasteiger partial charge is 0.287 e. The molecule has 2 aromatic carbocycles. The first-order valence-electron chi connectivity index (χ1n) is 9.05. The predicted octanol–water partition coefficient (Wildman–Crippen LogP) is 3.47. The first-order chi connectivity index (χ1) is 13.2. The van der Waals surface area contributed by atoms with Gasteiger partial charge in [0.05, 0.1) is 5.56 Å². The topological polar surface area (TPSA) is 121 Å². The van der Waals surface area contributed by atoms with Crippen molar-refractivity contribution in [2.45, 2.75) is 33.6 Å². The number of aryl methyl sites for hydroxylation is 1. The molecule has 7 nitrogen and oxygen atoms in total. The molecule has 0 atom stereocenters. The number of hydrogen-bond acceptors (Lipinski definition) is 5. The van der Waals surface area contributed by atoms with Crippen LogP contribution in [-0.2, 0) is 4.79 Å². The van der Waals surface area contributed by atoms with Gasteiger partial charge in [-0.05, 0) is 43.5 Å². The molecule has 1 amide bonds. The normalized spacial score (nSPS) is 10.6. The van der Waals surface area contributed by atoms with Gasteiger partial charge in [-0.15, -0.1) is 0 Å².